The zero-order chi connectivity index (χ0) is 12.6. The fourth-order valence-corrected chi connectivity index (χ4v) is 2.32. The van der Waals surface area contributed by atoms with Gasteiger partial charge in [-0.15, -0.1) is 0 Å². The molecule has 0 N–H and O–H groups in total. The summed E-state index contributed by atoms with van der Waals surface area (Å²) in [5.41, 5.74) is 0.954. The first kappa shape index (κ1) is 11.4. The van der Waals surface area contributed by atoms with E-state index in [-0.39, 0.29) is 18.8 Å². The molecule has 0 atom stereocenters. The van der Waals surface area contributed by atoms with Gasteiger partial charge in [-0.1, -0.05) is 30.3 Å². The summed E-state index contributed by atoms with van der Waals surface area (Å²) in [5, 5.41) is 0. The van der Waals surface area contributed by atoms with Crippen LogP contribution in [0.5, 0.6) is 0 Å². The molecular formula is C14H13F2NO. The van der Waals surface area contributed by atoms with Gasteiger partial charge in [0.05, 0.1) is 6.20 Å². The van der Waals surface area contributed by atoms with Gasteiger partial charge in [-0.05, 0) is 5.92 Å². The van der Waals surface area contributed by atoms with Crippen LogP contribution in [-0.4, -0.2) is 10.9 Å². The van der Waals surface area contributed by atoms with E-state index in [2.05, 4.69) is 4.98 Å². The molecule has 0 bridgehead atoms. The van der Waals surface area contributed by atoms with Gasteiger partial charge in [0.25, 0.3) is 0 Å². The topological polar surface area (TPSA) is 26.0 Å². The lowest BCUT2D eigenvalue weighted by molar-refractivity contribution is -0.110. The van der Waals surface area contributed by atoms with Gasteiger partial charge in [0.15, 0.2) is 11.7 Å². The number of oxazole rings is 1. The van der Waals surface area contributed by atoms with E-state index in [1.165, 1.54) is 0 Å². The van der Waals surface area contributed by atoms with Crippen molar-refractivity contribution in [3.63, 3.8) is 0 Å². The van der Waals surface area contributed by atoms with Gasteiger partial charge in [-0.2, -0.15) is 0 Å². The third kappa shape index (κ3) is 2.28. The molecule has 3 rings (SSSR count). The van der Waals surface area contributed by atoms with Crippen molar-refractivity contribution in [3.8, 4) is 11.3 Å². The highest BCUT2D eigenvalue weighted by atomic mass is 19.3. The van der Waals surface area contributed by atoms with Crippen molar-refractivity contribution in [1.82, 2.24) is 4.98 Å². The summed E-state index contributed by atoms with van der Waals surface area (Å²) >= 11 is 0. The molecule has 1 saturated carbocycles. The first-order valence-corrected chi connectivity index (χ1v) is 6.00. The summed E-state index contributed by atoms with van der Waals surface area (Å²) in [6, 6.07) is 9.63. The van der Waals surface area contributed by atoms with Gasteiger partial charge in [-0.3, -0.25) is 0 Å². The molecule has 18 heavy (non-hydrogen) atoms. The van der Waals surface area contributed by atoms with Crippen molar-refractivity contribution >= 4 is 0 Å². The number of halogens is 2. The van der Waals surface area contributed by atoms with E-state index in [1.54, 1.807) is 6.20 Å². The molecule has 1 fully saturated rings. The Bertz CT molecular complexity index is 528. The maximum absolute atomic E-state index is 12.7. The maximum atomic E-state index is 12.7. The Morgan fingerprint density at radius 2 is 1.94 bits per heavy atom. The normalized spacial score (nSPS) is 18.6. The van der Waals surface area contributed by atoms with Crippen LogP contribution in [0.25, 0.3) is 11.3 Å². The van der Waals surface area contributed by atoms with E-state index in [1.807, 2.05) is 30.3 Å². The lowest BCUT2D eigenvalue weighted by atomic mass is 9.79. The molecule has 0 saturated heterocycles. The number of benzene rings is 1. The summed E-state index contributed by atoms with van der Waals surface area (Å²) in [7, 11) is 0. The summed E-state index contributed by atoms with van der Waals surface area (Å²) in [6.45, 7) is 0. The average molecular weight is 249 g/mol. The summed E-state index contributed by atoms with van der Waals surface area (Å²) in [6.07, 6.45) is 2.07. The van der Waals surface area contributed by atoms with Gasteiger partial charge in [0.2, 0.25) is 5.92 Å². The SMILES string of the molecule is FC1(F)CC(Cc2ncc(-c3ccccc3)o2)C1. The minimum atomic E-state index is -2.47. The van der Waals surface area contributed by atoms with Crippen LogP contribution in [0.4, 0.5) is 8.78 Å². The van der Waals surface area contributed by atoms with E-state index in [0.717, 1.165) is 5.56 Å². The highest BCUT2D eigenvalue weighted by Crippen LogP contribution is 2.43. The molecule has 0 unspecified atom stereocenters. The second-order valence-corrected chi connectivity index (χ2v) is 4.82. The van der Waals surface area contributed by atoms with Crippen LogP contribution in [0.3, 0.4) is 0 Å². The smallest absolute Gasteiger partial charge is 0.248 e. The third-order valence-corrected chi connectivity index (χ3v) is 3.25. The molecule has 4 heteroatoms. The summed E-state index contributed by atoms with van der Waals surface area (Å²) in [5.74, 6) is -1.23. The number of alkyl halides is 2. The molecule has 1 aromatic carbocycles. The summed E-state index contributed by atoms with van der Waals surface area (Å²) in [4.78, 5) is 4.15. The summed E-state index contributed by atoms with van der Waals surface area (Å²) < 4.78 is 31.0. The van der Waals surface area contributed by atoms with E-state index in [0.29, 0.717) is 18.1 Å². The average Bonchev–Trinajstić information content (AvgIpc) is 2.76. The molecule has 1 aliphatic carbocycles. The molecule has 94 valence electrons. The van der Waals surface area contributed by atoms with Crippen LogP contribution in [-0.2, 0) is 6.42 Å². The Hall–Kier alpha value is -1.71. The van der Waals surface area contributed by atoms with Gasteiger partial charge in [0.1, 0.15) is 0 Å². The largest absolute Gasteiger partial charge is 0.441 e. The first-order chi connectivity index (χ1) is 8.62. The van der Waals surface area contributed by atoms with Crippen LogP contribution in [0.1, 0.15) is 18.7 Å². The fraction of sp³-hybridized carbons (Fsp3) is 0.357. The molecular weight excluding hydrogens is 236 g/mol. The van der Waals surface area contributed by atoms with Crippen LogP contribution in [0, 0.1) is 5.92 Å². The molecule has 0 radical (unpaired) electrons. The second kappa shape index (κ2) is 4.19. The van der Waals surface area contributed by atoms with Gasteiger partial charge in [0, 0.05) is 24.8 Å². The number of aromatic nitrogens is 1. The number of rotatable bonds is 3. The molecule has 0 spiro atoms. The molecule has 0 amide bonds. The second-order valence-electron chi connectivity index (χ2n) is 4.82. The monoisotopic (exact) mass is 249 g/mol. The molecule has 2 nitrogen and oxygen atoms in total. The first-order valence-electron chi connectivity index (χ1n) is 6.00. The van der Waals surface area contributed by atoms with E-state index < -0.39 is 5.92 Å². The zero-order valence-corrected chi connectivity index (χ0v) is 9.77. The molecule has 1 aromatic heterocycles. The molecule has 1 aliphatic rings. The quantitative estimate of drug-likeness (QED) is 0.823. The van der Waals surface area contributed by atoms with Gasteiger partial charge >= 0.3 is 0 Å². The zero-order valence-electron chi connectivity index (χ0n) is 9.77. The molecule has 0 aliphatic heterocycles. The molecule has 2 aromatic rings. The van der Waals surface area contributed by atoms with E-state index >= 15 is 0 Å². The fourth-order valence-electron chi connectivity index (χ4n) is 2.32. The Morgan fingerprint density at radius 3 is 2.61 bits per heavy atom. The lowest BCUT2D eigenvalue weighted by Crippen LogP contribution is -2.36. The van der Waals surface area contributed by atoms with E-state index in [4.69, 9.17) is 4.42 Å². The Balaban J connectivity index is 1.68. The minimum absolute atomic E-state index is 0.00210. The predicted octanol–water partition coefficient (Wildman–Crippen LogP) is 3.93. The minimum Gasteiger partial charge on any atom is -0.441 e. The molecule has 1 heterocycles. The van der Waals surface area contributed by atoms with Crippen molar-refractivity contribution in [2.24, 2.45) is 5.92 Å². The van der Waals surface area contributed by atoms with Crippen molar-refractivity contribution < 1.29 is 13.2 Å². The maximum Gasteiger partial charge on any atom is 0.248 e. The van der Waals surface area contributed by atoms with Crippen LogP contribution in [0.15, 0.2) is 40.9 Å². The number of nitrogens with zero attached hydrogens (tertiary/aromatic N) is 1. The van der Waals surface area contributed by atoms with Crippen molar-refractivity contribution in [1.29, 1.82) is 0 Å². The number of hydrogen-bond donors (Lipinski definition) is 0. The van der Waals surface area contributed by atoms with Gasteiger partial charge < -0.3 is 4.42 Å². The number of hydrogen-bond acceptors (Lipinski definition) is 2. The standard InChI is InChI=1S/C14H13F2NO/c15-14(16)7-10(8-14)6-13-17-9-12(18-13)11-4-2-1-3-5-11/h1-5,9-10H,6-8H2. The Labute approximate surface area is 104 Å². The third-order valence-electron chi connectivity index (χ3n) is 3.25. The van der Waals surface area contributed by atoms with Crippen LogP contribution < -0.4 is 0 Å². The Morgan fingerprint density at radius 1 is 1.22 bits per heavy atom. The Kier molecular flexibility index (Phi) is 2.65. The van der Waals surface area contributed by atoms with Crippen molar-refractivity contribution in [2.75, 3.05) is 0 Å². The lowest BCUT2D eigenvalue weighted by Gasteiger charge is -2.34. The highest BCUT2D eigenvalue weighted by molar-refractivity contribution is 5.55. The van der Waals surface area contributed by atoms with Gasteiger partial charge in [-0.25, -0.2) is 13.8 Å². The van der Waals surface area contributed by atoms with Crippen molar-refractivity contribution in [2.45, 2.75) is 25.2 Å². The van der Waals surface area contributed by atoms with E-state index in [9.17, 15) is 8.78 Å². The predicted molar refractivity (Wildman–Crippen MR) is 63.3 cm³/mol. The highest BCUT2D eigenvalue weighted by Gasteiger charge is 2.45. The van der Waals surface area contributed by atoms with Crippen LogP contribution in [0.2, 0.25) is 0 Å². The van der Waals surface area contributed by atoms with Crippen LogP contribution >= 0.6 is 0 Å². The van der Waals surface area contributed by atoms with Crippen molar-refractivity contribution in [3.05, 3.63) is 42.4 Å².